The Morgan fingerprint density at radius 1 is 1.19 bits per heavy atom. The van der Waals surface area contributed by atoms with E-state index in [-0.39, 0.29) is 5.82 Å². The van der Waals surface area contributed by atoms with E-state index in [0.717, 1.165) is 30.1 Å². The summed E-state index contributed by atoms with van der Waals surface area (Å²) in [5, 5.41) is 7.48. The maximum atomic E-state index is 14.4. The summed E-state index contributed by atoms with van der Waals surface area (Å²) >= 11 is 1.70. The molecule has 0 amide bonds. The smallest absolute Gasteiger partial charge is 0.191 e. The number of benzene rings is 1. The van der Waals surface area contributed by atoms with Crippen LogP contribution in [0.25, 0.3) is 0 Å². The molecule has 0 saturated carbocycles. The molecule has 0 saturated heterocycles. The molecule has 2 aromatic rings. The normalized spacial score (nSPS) is 11.5. The molecule has 0 aliphatic rings. The molecule has 2 rings (SSSR count). The first-order chi connectivity index (χ1) is 12.6. The molecule has 142 valence electrons. The van der Waals surface area contributed by atoms with Crippen LogP contribution in [0.1, 0.15) is 36.2 Å². The molecule has 1 aromatic carbocycles. The summed E-state index contributed by atoms with van der Waals surface area (Å²) in [6, 6.07) is 5.38. The number of rotatable bonds is 8. The van der Waals surface area contributed by atoms with Crippen molar-refractivity contribution in [2.24, 2.45) is 4.99 Å². The Morgan fingerprint density at radius 3 is 2.50 bits per heavy atom. The average Bonchev–Trinajstić information content (AvgIpc) is 3.12. The van der Waals surface area contributed by atoms with Crippen LogP contribution < -0.4 is 15.5 Å². The highest BCUT2D eigenvalue weighted by Crippen LogP contribution is 2.20. The lowest BCUT2D eigenvalue weighted by molar-refractivity contribution is 0.617. The van der Waals surface area contributed by atoms with Gasteiger partial charge in [-0.05, 0) is 38.0 Å². The second kappa shape index (κ2) is 10.1. The van der Waals surface area contributed by atoms with Crippen LogP contribution in [0, 0.1) is 5.82 Å². The number of anilines is 1. The van der Waals surface area contributed by atoms with Gasteiger partial charge in [-0.15, -0.1) is 11.3 Å². The highest BCUT2D eigenvalue weighted by molar-refractivity contribution is 7.11. The van der Waals surface area contributed by atoms with E-state index in [9.17, 15) is 4.39 Å². The summed E-state index contributed by atoms with van der Waals surface area (Å²) in [5.74, 6) is 0.484. The van der Waals surface area contributed by atoms with Crippen LogP contribution in [-0.4, -0.2) is 31.1 Å². The van der Waals surface area contributed by atoms with Gasteiger partial charge in [0.15, 0.2) is 5.96 Å². The fourth-order valence-corrected chi connectivity index (χ4v) is 3.44. The molecule has 0 unspecified atom stereocenters. The molecule has 5 nitrogen and oxygen atoms in total. The lowest BCUT2D eigenvalue weighted by Gasteiger charge is -2.22. The summed E-state index contributed by atoms with van der Waals surface area (Å²) in [7, 11) is 1.72. The number of aromatic nitrogens is 1. The van der Waals surface area contributed by atoms with E-state index in [1.165, 1.54) is 4.88 Å². The van der Waals surface area contributed by atoms with Gasteiger partial charge in [0.05, 0.1) is 12.2 Å². The van der Waals surface area contributed by atoms with Gasteiger partial charge < -0.3 is 15.5 Å². The number of guanidine groups is 1. The van der Waals surface area contributed by atoms with Crippen LogP contribution in [0.5, 0.6) is 0 Å². The van der Waals surface area contributed by atoms with Crippen molar-refractivity contribution >= 4 is 23.0 Å². The quantitative estimate of drug-likeness (QED) is 0.546. The van der Waals surface area contributed by atoms with Crippen LogP contribution in [0.2, 0.25) is 0 Å². The topological polar surface area (TPSA) is 52.6 Å². The molecule has 7 heteroatoms. The van der Waals surface area contributed by atoms with Gasteiger partial charge in [0, 0.05) is 37.8 Å². The standard InChI is InChI=1S/C19H28FN5S/c1-5-15-12-22-18(26-15)13-24-19(21-4)23-11-14-8-9-17(16(20)10-14)25(6-2)7-3/h8-10,12H,5-7,11,13H2,1-4H3,(H2,21,23,24). The Balaban J connectivity index is 1.90. The van der Waals surface area contributed by atoms with Gasteiger partial charge >= 0.3 is 0 Å². The van der Waals surface area contributed by atoms with Gasteiger partial charge in [0.25, 0.3) is 0 Å². The maximum absolute atomic E-state index is 14.4. The Kier molecular flexibility index (Phi) is 7.84. The first-order valence-electron chi connectivity index (χ1n) is 9.02. The van der Waals surface area contributed by atoms with E-state index in [0.29, 0.717) is 24.7 Å². The predicted molar refractivity (Wildman–Crippen MR) is 108 cm³/mol. The van der Waals surface area contributed by atoms with E-state index < -0.39 is 0 Å². The molecule has 0 atom stereocenters. The minimum atomic E-state index is -0.189. The third kappa shape index (κ3) is 5.42. The number of halogens is 1. The zero-order valence-electron chi connectivity index (χ0n) is 16.0. The van der Waals surface area contributed by atoms with Gasteiger partial charge in [-0.2, -0.15) is 0 Å². The van der Waals surface area contributed by atoms with E-state index in [2.05, 4.69) is 27.5 Å². The van der Waals surface area contributed by atoms with Crippen molar-refractivity contribution in [3.8, 4) is 0 Å². The van der Waals surface area contributed by atoms with Crippen molar-refractivity contribution in [1.82, 2.24) is 15.6 Å². The van der Waals surface area contributed by atoms with Crippen molar-refractivity contribution in [1.29, 1.82) is 0 Å². The Hall–Kier alpha value is -2.15. The van der Waals surface area contributed by atoms with Gasteiger partial charge in [-0.3, -0.25) is 4.99 Å². The SMILES string of the molecule is CCc1cnc(CNC(=NC)NCc2ccc(N(CC)CC)c(F)c2)s1. The van der Waals surface area contributed by atoms with Crippen LogP contribution in [0.3, 0.4) is 0 Å². The van der Waals surface area contributed by atoms with E-state index in [1.807, 2.05) is 37.1 Å². The highest BCUT2D eigenvalue weighted by Gasteiger charge is 2.09. The average molecular weight is 378 g/mol. The second-order valence-electron chi connectivity index (χ2n) is 5.81. The summed E-state index contributed by atoms with van der Waals surface area (Å²) in [6.45, 7) is 8.89. The molecular weight excluding hydrogens is 349 g/mol. The lowest BCUT2D eigenvalue weighted by Crippen LogP contribution is -2.36. The van der Waals surface area contributed by atoms with Crippen LogP contribution >= 0.6 is 11.3 Å². The fraction of sp³-hybridized carbons (Fsp3) is 0.474. The Bertz CT molecular complexity index is 724. The molecule has 0 aliphatic heterocycles. The molecule has 1 heterocycles. The highest BCUT2D eigenvalue weighted by atomic mass is 32.1. The summed E-state index contributed by atoms with van der Waals surface area (Å²) in [6.07, 6.45) is 2.91. The molecule has 0 spiro atoms. The number of aliphatic imine (C=N–C) groups is 1. The number of aryl methyl sites for hydroxylation is 1. The molecule has 0 bridgehead atoms. The van der Waals surface area contributed by atoms with Crippen molar-refractivity contribution in [3.63, 3.8) is 0 Å². The first-order valence-corrected chi connectivity index (χ1v) is 9.84. The van der Waals surface area contributed by atoms with Crippen molar-refractivity contribution in [2.75, 3.05) is 25.0 Å². The number of thiazole rings is 1. The minimum absolute atomic E-state index is 0.189. The number of hydrogen-bond donors (Lipinski definition) is 2. The van der Waals surface area contributed by atoms with Gasteiger partial charge in [0.1, 0.15) is 10.8 Å². The molecule has 1 aromatic heterocycles. The van der Waals surface area contributed by atoms with Crippen molar-refractivity contribution in [2.45, 2.75) is 40.3 Å². The molecule has 26 heavy (non-hydrogen) atoms. The van der Waals surface area contributed by atoms with Crippen LogP contribution in [-0.2, 0) is 19.5 Å². The van der Waals surface area contributed by atoms with Gasteiger partial charge in [-0.25, -0.2) is 9.37 Å². The molecule has 2 N–H and O–H groups in total. The largest absolute Gasteiger partial charge is 0.370 e. The third-order valence-electron chi connectivity index (χ3n) is 4.16. The van der Waals surface area contributed by atoms with Crippen LogP contribution in [0.15, 0.2) is 29.4 Å². The second-order valence-corrected chi connectivity index (χ2v) is 7.01. The summed E-state index contributed by atoms with van der Waals surface area (Å²) < 4.78 is 14.4. The molecule has 0 radical (unpaired) electrons. The minimum Gasteiger partial charge on any atom is -0.370 e. The molecular formula is C19H28FN5S. The zero-order chi connectivity index (χ0) is 18.9. The van der Waals surface area contributed by atoms with Gasteiger partial charge in [-0.1, -0.05) is 13.0 Å². The summed E-state index contributed by atoms with van der Waals surface area (Å²) in [4.78, 5) is 11.9. The van der Waals surface area contributed by atoms with Crippen molar-refractivity contribution in [3.05, 3.63) is 45.7 Å². The number of nitrogens with zero attached hydrogens (tertiary/aromatic N) is 3. The van der Waals surface area contributed by atoms with Crippen molar-refractivity contribution < 1.29 is 4.39 Å². The summed E-state index contributed by atoms with van der Waals surface area (Å²) in [5.41, 5.74) is 1.53. The fourth-order valence-electron chi connectivity index (χ4n) is 2.64. The molecule has 0 fully saturated rings. The van der Waals surface area contributed by atoms with Crippen LogP contribution in [0.4, 0.5) is 10.1 Å². The van der Waals surface area contributed by atoms with Gasteiger partial charge in [0.2, 0.25) is 0 Å². The Morgan fingerprint density at radius 2 is 1.92 bits per heavy atom. The van der Waals surface area contributed by atoms with E-state index in [1.54, 1.807) is 24.5 Å². The maximum Gasteiger partial charge on any atom is 0.191 e. The number of nitrogens with one attached hydrogen (secondary N) is 2. The number of hydrogen-bond acceptors (Lipinski definition) is 4. The lowest BCUT2D eigenvalue weighted by atomic mass is 10.2. The molecule has 0 aliphatic carbocycles. The monoisotopic (exact) mass is 377 g/mol. The zero-order valence-corrected chi connectivity index (χ0v) is 16.8. The van der Waals surface area contributed by atoms with E-state index >= 15 is 0 Å². The Labute approximate surface area is 159 Å². The predicted octanol–water partition coefficient (Wildman–Crippen LogP) is 3.56. The first kappa shape index (κ1) is 20.2. The van der Waals surface area contributed by atoms with E-state index in [4.69, 9.17) is 0 Å². The third-order valence-corrected chi connectivity index (χ3v) is 5.30.